The van der Waals surface area contributed by atoms with E-state index >= 15 is 0 Å². The number of H-pyrrole nitrogens is 1. The molecule has 0 spiro atoms. The molecule has 154 valence electrons. The van der Waals surface area contributed by atoms with Crippen LogP contribution in [0.1, 0.15) is 24.8 Å². The van der Waals surface area contributed by atoms with Crippen molar-refractivity contribution < 1.29 is 18.0 Å². The van der Waals surface area contributed by atoms with Gasteiger partial charge in [-0.15, -0.1) is 0 Å². The van der Waals surface area contributed by atoms with Crippen LogP contribution in [0.2, 0.25) is 0 Å². The van der Waals surface area contributed by atoms with Gasteiger partial charge in [0.2, 0.25) is 15.9 Å². The predicted molar refractivity (Wildman–Crippen MR) is 111 cm³/mol. The number of amides is 2. The third-order valence-electron chi connectivity index (χ3n) is 5.02. The molecular weight excluding hydrogens is 406 g/mol. The standard InChI is InChI=1S/C20H19N5O4S/c1-11-19(20(27)24-14-4-7-17-13(8-14)10-22-25-17)16(9-18(26)23-11)12-2-5-15(6-3-12)30(21,28)29/h2-8,10,16H,9H2,1H3,(H,22,25)(H,23,26)(H,24,27)(H2,21,28,29). The fourth-order valence-electron chi connectivity index (χ4n) is 3.60. The van der Waals surface area contributed by atoms with E-state index in [1.54, 1.807) is 37.4 Å². The lowest BCUT2D eigenvalue weighted by molar-refractivity contribution is -0.121. The van der Waals surface area contributed by atoms with Crippen LogP contribution in [0.25, 0.3) is 10.9 Å². The number of sulfonamides is 1. The Kier molecular flexibility index (Phi) is 4.88. The number of primary sulfonamides is 1. The van der Waals surface area contributed by atoms with Crippen molar-refractivity contribution in [2.24, 2.45) is 5.14 Å². The number of anilines is 1. The number of nitrogens with two attached hydrogens (primary N) is 1. The molecule has 1 aliphatic rings. The molecule has 1 aromatic heterocycles. The maximum absolute atomic E-state index is 13.1. The molecule has 0 saturated carbocycles. The first-order valence-corrected chi connectivity index (χ1v) is 10.6. The van der Waals surface area contributed by atoms with Crippen LogP contribution in [-0.4, -0.2) is 30.4 Å². The minimum Gasteiger partial charge on any atom is -0.330 e. The van der Waals surface area contributed by atoms with Gasteiger partial charge in [0.25, 0.3) is 5.91 Å². The van der Waals surface area contributed by atoms with Gasteiger partial charge in [-0.1, -0.05) is 12.1 Å². The summed E-state index contributed by atoms with van der Waals surface area (Å²) in [5, 5.41) is 18.4. The molecule has 2 aromatic carbocycles. The first kappa shape index (κ1) is 19.8. The number of carbonyl (C=O) groups is 2. The van der Waals surface area contributed by atoms with E-state index < -0.39 is 15.9 Å². The Morgan fingerprint density at radius 1 is 1.20 bits per heavy atom. The highest BCUT2D eigenvalue weighted by atomic mass is 32.2. The molecule has 1 aliphatic heterocycles. The first-order valence-electron chi connectivity index (χ1n) is 9.10. The lowest BCUT2D eigenvalue weighted by Gasteiger charge is -2.27. The minimum atomic E-state index is -3.83. The van der Waals surface area contributed by atoms with Gasteiger partial charge in [-0.25, -0.2) is 13.6 Å². The average molecular weight is 425 g/mol. The van der Waals surface area contributed by atoms with Gasteiger partial charge < -0.3 is 10.6 Å². The SMILES string of the molecule is CC1=C(C(=O)Nc2ccc3[nH]ncc3c2)C(c2ccc(S(N)(=O)=O)cc2)CC(=O)N1. The van der Waals surface area contributed by atoms with Gasteiger partial charge in [-0.05, 0) is 42.8 Å². The Hall–Kier alpha value is -3.50. The zero-order chi connectivity index (χ0) is 21.5. The fraction of sp³-hybridized carbons (Fsp3) is 0.150. The second kappa shape index (κ2) is 7.39. The van der Waals surface area contributed by atoms with Crippen LogP contribution in [0.4, 0.5) is 5.69 Å². The van der Waals surface area contributed by atoms with Gasteiger partial charge in [0, 0.05) is 34.7 Å². The summed E-state index contributed by atoms with van der Waals surface area (Å²) in [5.74, 6) is -1.09. The first-order chi connectivity index (χ1) is 14.2. The van der Waals surface area contributed by atoms with Crippen LogP contribution >= 0.6 is 0 Å². The predicted octanol–water partition coefficient (Wildman–Crippen LogP) is 1.73. The van der Waals surface area contributed by atoms with E-state index in [2.05, 4.69) is 20.8 Å². The van der Waals surface area contributed by atoms with Crippen molar-refractivity contribution in [1.29, 1.82) is 0 Å². The Labute approximate surface area is 172 Å². The fourth-order valence-corrected chi connectivity index (χ4v) is 4.11. The van der Waals surface area contributed by atoms with Gasteiger partial charge >= 0.3 is 0 Å². The number of nitrogens with one attached hydrogen (secondary N) is 3. The van der Waals surface area contributed by atoms with Crippen molar-refractivity contribution in [2.75, 3.05) is 5.32 Å². The van der Waals surface area contributed by atoms with Gasteiger partial charge in [0.05, 0.1) is 16.6 Å². The Morgan fingerprint density at radius 3 is 2.63 bits per heavy atom. The maximum atomic E-state index is 13.1. The second-order valence-electron chi connectivity index (χ2n) is 7.08. The third kappa shape index (κ3) is 3.82. The largest absolute Gasteiger partial charge is 0.330 e. The van der Waals surface area contributed by atoms with Crippen LogP contribution in [-0.2, 0) is 19.6 Å². The molecule has 0 saturated heterocycles. The number of rotatable bonds is 4. The molecule has 10 heteroatoms. The summed E-state index contributed by atoms with van der Waals surface area (Å²) in [6, 6.07) is 11.2. The second-order valence-corrected chi connectivity index (χ2v) is 8.65. The van der Waals surface area contributed by atoms with Crippen molar-refractivity contribution in [3.05, 3.63) is 65.5 Å². The zero-order valence-corrected chi connectivity index (χ0v) is 16.8. The smallest absolute Gasteiger partial charge is 0.253 e. The molecule has 5 N–H and O–H groups in total. The molecule has 0 fully saturated rings. The molecule has 9 nitrogen and oxygen atoms in total. The number of aromatic nitrogens is 2. The molecule has 2 heterocycles. The average Bonchev–Trinajstić information content (AvgIpc) is 3.14. The number of allylic oxidation sites excluding steroid dienone is 1. The molecule has 3 aromatic rings. The monoisotopic (exact) mass is 425 g/mol. The van der Waals surface area contributed by atoms with Gasteiger partial charge in [0.15, 0.2) is 0 Å². The Balaban J connectivity index is 1.66. The Bertz CT molecular complexity index is 1290. The molecule has 0 aliphatic carbocycles. The lowest BCUT2D eigenvalue weighted by atomic mass is 9.84. The number of benzene rings is 2. The maximum Gasteiger partial charge on any atom is 0.253 e. The molecular formula is C20H19N5O4S. The van der Waals surface area contributed by atoms with Crippen LogP contribution in [0, 0.1) is 0 Å². The minimum absolute atomic E-state index is 0.0355. The van der Waals surface area contributed by atoms with Crippen molar-refractivity contribution >= 4 is 38.4 Å². The molecule has 4 rings (SSSR count). The summed E-state index contributed by atoms with van der Waals surface area (Å²) >= 11 is 0. The van der Waals surface area contributed by atoms with E-state index in [-0.39, 0.29) is 23.1 Å². The highest BCUT2D eigenvalue weighted by Gasteiger charge is 2.32. The molecule has 30 heavy (non-hydrogen) atoms. The molecule has 1 atom stereocenters. The quantitative estimate of drug-likeness (QED) is 0.503. The number of aromatic amines is 1. The summed E-state index contributed by atoms with van der Waals surface area (Å²) in [4.78, 5) is 25.2. The Morgan fingerprint density at radius 2 is 1.93 bits per heavy atom. The van der Waals surface area contributed by atoms with Gasteiger partial charge in [-0.2, -0.15) is 5.10 Å². The third-order valence-corrected chi connectivity index (χ3v) is 5.95. The van der Waals surface area contributed by atoms with Crippen molar-refractivity contribution in [3.63, 3.8) is 0 Å². The normalized spacial score (nSPS) is 17.1. The summed E-state index contributed by atoms with van der Waals surface area (Å²) in [6.07, 6.45) is 1.72. The van der Waals surface area contributed by atoms with Crippen LogP contribution in [0.3, 0.4) is 0 Å². The summed E-state index contributed by atoms with van der Waals surface area (Å²) in [5.41, 5.74) is 2.95. The number of nitrogens with zero attached hydrogens (tertiary/aromatic N) is 1. The van der Waals surface area contributed by atoms with Crippen LogP contribution in [0.5, 0.6) is 0 Å². The van der Waals surface area contributed by atoms with E-state index in [0.29, 0.717) is 22.5 Å². The highest BCUT2D eigenvalue weighted by Crippen LogP contribution is 2.34. The number of hydrogen-bond donors (Lipinski definition) is 4. The van der Waals surface area contributed by atoms with E-state index in [1.165, 1.54) is 12.1 Å². The molecule has 1 unspecified atom stereocenters. The van der Waals surface area contributed by atoms with Crippen molar-refractivity contribution in [2.45, 2.75) is 24.2 Å². The van der Waals surface area contributed by atoms with Crippen LogP contribution < -0.4 is 15.8 Å². The van der Waals surface area contributed by atoms with E-state index in [1.807, 2.05) is 6.07 Å². The highest BCUT2D eigenvalue weighted by molar-refractivity contribution is 7.89. The molecule has 2 amide bonds. The lowest BCUT2D eigenvalue weighted by Crippen LogP contribution is -2.35. The number of fused-ring (bicyclic) bond motifs is 1. The van der Waals surface area contributed by atoms with E-state index in [9.17, 15) is 18.0 Å². The number of carbonyl (C=O) groups excluding carboxylic acids is 2. The van der Waals surface area contributed by atoms with Gasteiger partial charge in [0.1, 0.15) is 0 Å². The van der Waals surface area contributed by atoms with Crippen LogP contribution in [0.15, 0.2) is 64.8 Å². The van der Waals surface area contributed by atoms with Gasteiger partial charge in [-0.3, -0.25) is 14.7 Å². The number of hydrogen-bond acceptors (Lipinski definition) is 5. The summed E-state index contributed by atoms with van der Waals surface area (Å²) < 4.78 is 23.0. The summed E-state index contributed by atoms with van der Waals surface area (Å²) in [7, 11) is -3.83. The van der Waals surface area contributed by atoms with Crippen molar-refractivity contribution in [1.82, 2.24) is 15.5 Å². The van der Waals surface area contributed by atoms with Crippen molar-refractivity contribution in [3.8, 4) is 0 Å². The zero-order valence-electron chi connectivity index (χ0n) is 16.0. The van der Waals surface area contributed by atoms with E-state index in [4.69, 9.17) is 5.14 Å². The molecule has 0 bridgehead atoms. The summed E-state index contributed by atoms with van der Waals surface area (Å²) in [6.45, 7) is 1.66. The molecule has 0 radical (unpaired) electrons. The topological polar surface area (TPSA) is 147 Å². The van der Waals surface area contributed by atoms with E-state index in [0.717, 1.165) is 10.9 Å².